The summed E-state index contributed by atoms with van der Waals surface area (Å²) in [6.45, 7) is 1.93. The van der Waals surface area contributed by atoms with Crippen LogP contribution in [0.1, 0.15) is 26.2 Å². The van der Waals surface area contributed by atoms with Crippen LogP contribution in [0.2, 0.25) is 0 Å². The van der Waals surface area contributed by atoms with Gasteiger partial charge in [-0.2, -0.15) is 4.31 Å². The molecule has 0 bridgehead atoms. The number of rotatable bonds is 5. The van der Waals surface area contributed by atoms with Crippen molar-refractivity contribution in [3.63, 3.8) is 0 Å². The molecule has 1 rings (SSSR count). The van der Waals surface area contributed by atoms with Gasteiger partial charge in [0.15, 0.2) is 0 Å². The second kappa shape index (κ2) is 6.53. The van der Waals surface area contributed by atoms with Crippen LogP contribution in [0.3, 0.4) is 0 Å². The molecule has 0 aromatic rings. The highest BCUT2D eigenvalue weighted by molar-refractivity contribution is 7.88. The molecule has 1 amide bonds. The minimum Gasteiger partial charge on any atom is -0.481 e. The number of carboxylic acid groups (broad SMARTS) is 1. The van der Waals surface area contributed by atoms with Crippen molar-refractivity contribution in [2.45, 2.75) is 32.2 Å². The summed E-state index contributed by atoms with van der Waals surface area (Å²) in [7, 11) is -1.92. The first-order chi connectivity index (χ1) is 9.14. The van der Waals surface area contributed by atoms with Crippen LogP contribution in [0.25, 0.3) is 0 Å². The molecule has 0 aliphatic carbocycles. The Kier molecular flexibility index (Phi) is 5.52. The molecule has 0 aromatic carbocycles. The summed E-state index contributed by atoms with van der Waals surface area (Å²) in [5, 5.41) is 8.86. The minimum atomic E-state index is -3.43. The van der Waals surface area contributed by atoms with Gasteiger partial charge < -0.3 is 10.0 Å². The summed E-state index contributed by atoms with van der Waals surface area (Å²) in [6, 6.07) is -0.704. The van der Waals surface area contributed by atoms with Crippen molar-refractivity contribution >= 4 is 21.9 Å². The van der Waals surface area contributed by atoms with Crippen molar-refractivity contribution in [1.82, 2.24) is 9.21 Å². The van der Waals surface area contributed by atoms with E-state index in [4.69, 9.17) is 5.11 Å². The number of carbonyl (C=O) groups excluding carboxylic acids is 1. The lowest BCUT2D eigenvalue weighted by atomic mass is 10.0. The molecule has 1 heterocycles. The highest BCUT2D eigenvalue weighted by atomic mass is 32.2. The zero-order chi connectivity index (χ0) is 15.5. The molecule has 0 spiro atoms. The van der Waals surface area contributed by atoms with Gasteiger partial charge in [0.25, 0.3) is 0 Å². The number of likely N-dealkylation sites (N-methyl/N-ethyl adjacent to an activating group) is 1. The Morgan fingerprint density at radius 3 is 2.50 bits per heavy atom. The van der Waals surface area contributed by atoms with E-state index in [-0.39, 0.29) is 12.5 Å². The van der Waals surface area contributed by atoms with Crippen molar-refractivity contribution < 1.29 is 23.1 Å². The van der Waals surface area contributed by atoms with E-state index in [1.54, 1.807) is 0 Å². The number of nitrogens with zero attached hydrogens (tertiary/aromatic N) is 2. The second-order valence-corrected chi connectivity index (χ2v) is 7.28. The van der Waals surface area contributed by atoms with Crippen LogP contribution in [0, 0.1) is 5.92 Å². The topological polar surface area (TPSA) is 95.0 Å². The lowest BCUT2D eigenvalue weighted by Gasteiger charge is -2.35. The standard InChI is InChI=1S/C12H22N2O5S/c1-9(12(16)17)8-13(2)11(15)10-6-4-5-7-14(10)20(3,18)19/h9-10H,4-8H2,1-3H3,(H,16,17). The zero-order valence-corrected chi connectivity index (χ0v) is 12.9. The fourth-order valence-corrected chi connectivity index (χ4v) is 3.50. The summed E-state index contributed by atoms with van der Waals surface area (Å²) >= 11 is 0. The van der Waals surface area contributed by atoms with E-state index in [0.29, 0.717) is 13.0 Å². The first-order valence-electron chi connectivity index (χ1n) is 6.59. The van der Waals surface area contributed by atoms with Gasteiger partial charge in [-0.1, -0.05) is 13.3 Å². The smallest absolute Gasteiger partial charge is 0.308 e. The van der Waals surface area contributed by atoms with Crippen LogP contribution >= 0.6 is 0 Å². The molecule has 20 heavy (non-hydrogen) atoms. The monoisotopic (exact) mass is 306 g/mol. The Balaban J connectivity index is 2.80. The highest BCUT2D eigenvalue weighted by Crippen LogP contribution is 2.21. The van der Waals surface area contributed by atoms with Crippen LogP contribution in [0.15, 0.2) is 0 Å². The molecule has 8 heteroatoms. The molecule has 7 nitrogen and oxygen atoms in total. The summed E-state index contributed by atoms with van der Waals surface area (Å²) < 4.78 is 24.7. The molecule has 116 valence electrons. The maximum atomic E-state index is 12.3. The third-order valence-corrected chi connectivity index (χ3v) is 4.80. The molecular formula is C12H22N2O5S. The van der Waals surface area contributed by atoms with Gasteiger partial charge in [0.05, 0.1) is 12.2 Å². The number of aliphatic carboxylic acids is 1. The van der Waals surface area contributed by atoms with Crippen LogP contribution in [0.5, 0.6) is 0 Å². The van der Waals surface area contributed by atoms with Crippen molar-refractivity contribution in [1.29, 1.82) is 0 Å². The fourth-order valence-electron chi connectivity index (χ4n) is 2.38. The van der Waals surface area contributed by atoms with Crippen molar-refractivity contribution in [2.24, 2.45) is 5.92 Å². The normalized spacial score (nSPS) is 22.2. The van der Waals surface area contributed by atoms with Gasteiger partial charge >= 0.3 is 5.97 Å². The number of hydrogen-bond acceptors (Lipinski definition) is 4. The van der Waals surface area contributed by atoms with Gasteiger partial charge in [-0.15, -0.1) is 0 Å². The number of amides is 1. The molecule has 1 saturated heterocycles. The van der Waals surface area contributed by atoms with Gasteiger partial charge in [-0.05, 0) is 12.8 Å². The van der Waals surface area contributed by atoms with E-state index in [2.05, 4.69) is 0 Å². The maximum Gasteiger partial charge on any atom is 0.308 e. The third-order valence-electron chi connectivity index (χ3n) is 3.51. The number of piperidine rings is 1. The minimum absolute atomic E-state index is 0.0717. The number of carbonyl (C=O) groups is 2. The predicted octanol–water partition coefficient (Wildman–Crippen LogP) is -0.0204. The summed E-state index contributed by atoms with van der Waals surface area (Å²) in [4.78, 5) is 24.5. The average Bonchev–Trinajstić information content (AvgIpc) is 2.36. The molecule has 1 N–H and O–H groups in total. The number of carboxylic acids is 1. The predicted molar refractivity (Wildman–Crippen MR) is 73.6 cm³/mol. The van der Waals surface area contributed by atoms with Crippen molar-refractivity contribution in [3.8, 4) is 0 Å². The Labute approximate surface area is 119 Å². The molecule has 2 atom stereocenters. The lowest BCUT2D eigenvalue weighted by molar-refractivity contribution is -0.143. The molecule has 0 radical (unpaired) electrons. The zero-order valence-electron chi connectivity index (χ0n) is 12.1. The molecule has 1 aliphatic heterocycles. The van der Waals surface area contributed by atoms with Crippen LogP contribution < -0.4 is 0 Å². The van der Waals surface area contributed by atoms with Gasteiger partial charge in [0, 0.05) is 20.1 Å². The van der Waals surface area contributed by atoms with E-state index in [9.17, 15) is 18.0 Å². The molecule has 1 fully saturated rings. The Hall–Kier alpha value is -1.15. The Morgan fingerprint density at radius 1 is 1.40 bits per heavy atom. The van der Waals surface area contributed by atoms with E-state index in [1.165, 1.54) is 23.2 Å². The summed E-state index contributed by atoms with van der Waals surface area (Å²) in [6.07, 6.45) is 3.12. The van der Waals surface area contributed by atoms with Gasteiger partial charge in [0.2, 0.25) is 15.9 Å². The van der Waals surface area contributed by atoms with Gasteiger partial charge in [-0.25, -0.2) is 8.42 Å². The molecule has 0 saturated carbocycles. The van der Waals surface area contributed by atoms with E-state index < -0.39 is 28.0 Å². The summed E-state index contributed by atoms with van der Waals surface area (Å²) in [5.41, 5.74) is 0. The van der Waals surface area contributed by atoms with Crippen molar-refractivity contribution in [3.05, 3.63) is 0 Å². The van der Waals surface area contributed by atoms with E-state index >= 15 is 0 Å². The molecular weight excluding hydrogens is 284 g/mol. The number of hydrogen-bond donors (Lipinski definition) is 1. The van der Waals surface area contributed by atoms with E-state index in [0.717, 1.165) is 19.1 Å². The van der Waals surface area contributed by atoms with Crippen LogP contribution in [-0.2, 0) is 19.6 Å². The molecule has 1 aliphatic rings. The molecule has 0 aromatic heterocycles. The fraction of sp³-hybridized carbons (Fsp3) is 0.833. The van der Waals surface area contributed by atoms with Gasteiger partial charge in [-0.3, -0.25) is 9.59 Å². The first-order valence-corrected chi connectivity index (χ1v) is 8.44. The molecule has 2 unspecified atom stereocenters. The summed E-state index contributed by atoms with van der Waals surface area (Å²) in [5.74, 6) is -1.99. The maximum absolute atomic E-state index is 12.3. The SMILES string of the molecule is CC(CN(C)C(=O)C1CCCCN1S(C)(=O)=O)C(=O)O. The third kappa shape index (κ3) is 4.17. The van der Waals surface area contributed by atoms with E-state index in [1.807, 2.05) is 0 Å². The highest BCUT2D eigenvalue weighted by Gasteiger charge is 2.36. The largest absolute Gasteiger partial charge is 0.481 e. The lowest BCUT2D eigenvalue weighted by Crippen LogP contribution is -2.52. The quantitative estimate of drug-likeness (QED) is 0.770. The Bertz CT molecular complexity index is 476. The Morgan fingerprint density at radius 2 is 2.00 bits per heavy atom. The van der Waals surface area contributed by atoms with Crippen LogP contribution in [-0.4, -0.2) is 67.0 Å². The van der Waals surface area contributed by atoms with Crippen molar-refractivity contribution in [2.75, 3.05) is 26.4 Å². The average molecular weight is 306 g/mol. The second-order valence-electron chi connectivity index (χ2n) is 5.34. The first kappa shape index (κ1) is 16.9. The van der Waals surface area contributed by atoms with Gasteiger partial charge in [0.1, 0.15) is 6.04 Å². The number of sulfonamides is 1. The van der Waals surface area contributed by atoms with Crippen LogP contribution in [0.4, 0.5) is 0 Å².